The Morgan fingerprint density at radius 3 is 2.46 bits per heavy atom. The molecule has 184 valence electrons. The average Bonchev–Trinajstić information content (AvgIpc) is 3.32. The number of benzene rings is 2. The maximum Gasteiger partial charge on any atom is 0.329 e. The van der Waals surface area contributed by atoms with Crippen molar-refractivity contribution in [2.75, 3.05) is 7.11 Å². The van der Waals surface area contributed by atoms with Crippen molar-refractivity contribution in [3.8, 4) is 16.2 Å². The Morgan fingerprint density at radius 2 is 1.77 bits per heavy atom. The summed E-state index contributed by atoms with van der Waals surface area (Å²) in [6, 6.07) is 19.7. The molecule has 0 fully saturated rings. The van der Waals surface area contributed by atoms with E-state index in [2.05, 4.69) is 5.32 Å². The number of carbonyl (C=O) groups is 3. The van der Waals surface area contributed by atoms with Crippen molar-refractivity contribution in [2.45, 2.75) is 44.8 Å². The van der Waals surface area contributed by atoms with Gasteiger partial charge in [0, 0.05) is 17.7 Å². The van der Waals surface area contributed by atoms with E-state index in [1.807, 2.05) is 74.5 Å². The molecule has 2 amide bonds. The van der Waals surface area contributed by atoms with Gasteiger partial charge in [0.15, 0.2) is 0 Å². The van der Waals surface area contributed by atoms with Gasteiger partial charge in [0.1, 0.15) is 17.4 Å². The van der Waals surface area contributed by atoms with E-state index in [0.29, 0.717) is 17.0 Å². The fourth-order valence-corrected chi connectivity index (χ4v) is 4.53. The Hall–Kier alpha value is -3.65. The molecule has 0 saturated carbocycles. The summed E-state index contributed by atoms with van der Waals surface area (Å²) < 4.78 is 11.0. The number of nitrogens with two attached hydrogens (primary N) is 1. The van der Waals surface area contributed by atoms with Crippen LogP contribution in [-0.4, -0.2) is 36.5 Å². The van der Waals surface area contributed by atoms with Crippen LogP contribution in [0.25, 0.3) is 10.4 Å². The highest BCUT2D eigenvalue weighted by Crippen LogP contribution is 2.30. The first kappa shape index (κ1) is 26.0. The zero-order valence-corrected chi connectivity index (χ0v) is 20.9. The van der Waals surface area contributed by atoms with Gasteiger partial charge >= 0.3 is 5.97 Å². The molecule has 0 aliphatic carbocycles. The number of esters is 1. The van der Waals surface area contributed by atoms with Crippen LogP contribution in [0.5, 0.6) is 5.75 Å². The maximum absolute atomic E-state index is 13.0. The molecule has 35 heavy (non-hydrogen) atoms. The van der Waals surface area contributed by atoms with Gasteiger partial charge in [-0.25, -0.2) is 4.79 Å². The van der Waals surface area contributed by atoms with Crippen LogP contribution in [0, 0.1) is 0 Å². The number of hydrogen-bond donors (Lipinski definition) is 2. The van der Waals surface area contributed by atoms with Gasteiger partial charge in [0.05, 0.1) is 12.0 Å². The molecule has 3 N–H and O–H groups in total. The Balaban J connectivity index is 1.71. The van der Waals surface area contributed by atoms with Crippen LogP contribution in [0.2, 0.25) is 0 Å². The number of rotatable bonds is 11. The first-order valence-electron chi connectivity index (χ1n) is 11.3. The van der Waals surface area contributed by atoms with Crippen LogP contribution in [-0.2, 0) is 20.7 Å². The van der Waals surface area contributed by atoms with Crippen molar-refractivity contribution in [1.29, 1.82) is 0 Å². The number of carbonyl (C=O) groups excluding carboxylic acids is 3. The summed E-state index contributed by atoms with van der Waals surface area (Å²) in [6.07, 6.45) is 0.499. The lowest BCUT2D eigenvalue weighted by Gasteiger charge is -2.28. The summed E-state index contributed by atoms with van der Waals surface area (Å²) in [4.78, 5) is 38.7. The van der Waals surface area contributed by atoms with Crippen LogP contribution in [0.3, 0.4) is 0 Å². The minimum atomic E-state index is -1.01. The minimum Gasteiger partial charge on any atom is -0.497 e. The highest BCUT2D eigenvalue weighted by molar-refractivity contribution is 7.17. The third kappa shape index (κ3) is 7.68. The first-order chi connectivity index (χ1) is 16.7. The Morgan fingerprint density at radius 1 is 1.03 bits per heavy atom. The van der Waals surface area contributed by atoms with Crippen molar-refractivity contribution in [2.24, 2.45) is 5.73 Å². The number of thiophene rings is 1. The molecule has 0 aliphatic rings. The van der Waals surface area contributed by atoms with Gasteiger partial charge < -0.3 is 20.5 Å². The van der Waals surface area contributed by atoms with Crippen molar-refractivity contribution >= 4 is 29.1 Å². The lowest BCUT2D eigenvalue weighted by molar-refractivity contribution is -0.159. The third-order valence-electron chi connectivity index (χ3n) is 5.30. The molecule has 0 unspecified atom stereocenters. The van der Waals surface area contributed by atoms with E-state index < -0.39 is 29.4 Å². The predicted molar refractivity (Wildman–Crippen MR) is 136 cm³/mol. The lowest BCUT2D eigenvalue weighted by atomic mass is 9.98. The van der Waals surface area contributed by atoms with Crippen LogP contribution < -0.4 is 15.8 Å². The highest BCUT2D eigenvalue weighted by Gasteiger charge is 2.30. The van der Waals surface area contributed by atoms with E-state index in [1.165, 1.54) is 11.3 Å². The van der Waals surface area contributed by atoms with Crippen molar-refractivity contribution < 1.29 is 23.9 Å². The van der Waals surface area contributed by atoms with E-state index in [0.717, 1.165) is 16.0 Å². The second-order valence-electron chi connectivity index (χ2n) is 8.77. The van der Waals surface area contributed by atoms with Gasteiger partial charge in [0.2, 0.25) is 5.91 Å². The van der Waals surface area contributed by atoms with Gasteiger partial charge in [-0.3, -0.25) is 9.59 Å². The summed E-state index contributed by atoms with van der Waals surface area (Å²) >= 11 is 1.29. The molecular formula is C27H30N2O5S. The second kappa shape index (κ2) is 11.7. The summed E-state index contributed by atoms with van der Waals surface area (Å²) in [5, 5.41) is 2.73. The molecule has 3 rings (SSSR count). The van der Waals surface area contributed by atoms with E-state index in [4.69, 9.17) is 15.2 Å². The maximum atomic E-state index is 13.0. The van der Waals surface area contributed by atoms with Crippen LogP contribution in [0.15, 0.2) is 66.7 Å². The average molecular weight is 495 g/mol. The van der Waals surface area contributed by atoms with Gasteiger partial charge in [-0.1, -0.05) is 42.5 Å². The zero-order valence-electron chi connectivity index (χ0n) is 20.1. The smallest absolute Gasteiger partial charge is 0.329 e. The van der Waals surface area contributed by atoms with E-state index in [-0.39, 0.29) is 12.8 Å². The number of hydrogen-bond acceptors (Lipinski definition) is 6. The quantitative estimate of drug-likeness (QED) is 0.385. The van der Waals surface area contributed by atoms with Crippen molar-refractivity contribution in [3.63, 3.8) is 0 Å². The molecule has 2 aromatic carbocycles. The highest BCUT2D eigenvalue weighted by atomic mass is 32.1. The topological polar surface area (TPSA) is 108 Å². The van der Waals surface area contributed by atoms with Gasteiger partial charge in [-0.2, -0.15) is 0 Å². The molecule has 7 nitrogen and oxygen atoms in total. The number of primary amides is 1. The van der Waals surface area contributed by atoms with Crippen LogP contribution in [0.1, 0.15) is 41.9 Å². The molecule has 3 aromatic rings. The second-order valence-corrected chi connectivity index (χ2v) is 9.85. The zero-order chi connectivity index (χ0) is 25.4. The number of methoxy groups -OCH3 is 1. The molecular weight excluding hydrogens is 464 g/mol. The lowest BCUT2D eigenvalue weighted by Crippen LogP contribution is -2.45. The molecule has 0 saturated heterocycles. The summed E-state index contributed by atoms with van der Waals surface area (Å²) in [6.45, 7) is 3.62. The van der Waals surface area contributed by atoms with Gasteiger partial charge in [-0.05, 0) is 55.7 Å². The molecule has 8 heteroatoms. The summed E-state index contributed by atoms with van der Waals surface area (Å²) in [5.41, 5.74) is 6.42. The fourth-order valence-electron chi connectivity index (χ4n) is 3.62. The molecule has 0 bridgehead atoms. The Kier molecular flexibility index (Phi) is 8.65. The minimum absolute atomic E-state index is 0.0510. The van der Waals surface area contributed by atoms with Gasteiger partial charge in [-0.15, -0.1) is 11.3 Å². The monoisotopic (exact) mass is 494 g/mol. The van der Waals surface area contributed by atoms with Crippen LogP contribution >= 0.6 is 11.3 Å². The molecule has 0 radical (unpaired) electrons. The van der Waals surface area contributed by atoms with Crippen LogP contribution in [0.4, 0.5) is 0 Å². The predicted octanol–water partition coefficient (Wildman–Crippen LogP) is 4.35. The first-order valence-corrected chi connectivity index (χ1v) is 12.1. The number of nitrogens with one attached hydrogen (secondary N) is 1. The van der Waals surface area contributed by atoms with E-state index in [1.54, 1.807) is 13.2 Å². The summed E-state index contributed by atoms with van der Waals surface area (Å²) in [7, 11) is 1.60. The molecule has 1 atom stereocenters. The fraction of sp³-hybridized carbons (Fsp3) is 0.296. The van der Waals surface area contributed by atoms with E-state index >= 15 is 0 Å². The Bertz CT molecular complexity index is 1170. The third-order valence-corrected chi connectivity index (χ3v) is 6.44. The largest absolute Gasteiger partial charge is 0.497 e. The van der Waals surface area contributed by atoms with Gasteiger partial charge in [0.25, 0.3) is 5.91 Å². The van der Waals surface area contributed by atoms with Crippen molar-refractivity contribution in [1.82, 2.24) is 5.32 Å². The normalized spacial score (nSPS) is 12.0. The SMILES string of the molecule is COc1cccc(-c2ccc(C(=O)N[C@@H](CCC(N)=O)C(=O)OC(C)(C)Cc3ccccc3)s2)c1. The molecule has 1 aromatic heterocycles. The standard InChI is InChI=1S/C27H30N2O5S/c1-27(2,17-18-8-5-4-6-9-18)34-26(32)21(12-15-24(28)30)29-25(31)23-14-13-22(35-23)19-10-7-11-20(16-19)33-3/h4-11,13-14,16,21H,12,15,17H2,1-3H3,(H2,28,30)(H,29,31)/t21-/m0/s1. The molecule has 1 heterocycles. The Labute approximate surface area is 209 Å². The summed E-state index contributed by atoms with van der Waals surface area (Å²) in [5.74, 6) is -0.868. The molecule has 0 spiro atoms. The number of amides is 2. The molecule has 0 aliphatic heterocycles. The van der Waals surface area contributed by atoms with Crippen molar-refractivity contribution in [3.05, 3.63) is 77.2 Å². The number of ether oxygens (including phenoxy) is 2. The van der Waals surface area contributed by atoms with E-state index in [9.17, 15) is 14.4 Å².